The number of hydrogen-bond acceptors (Lipinski definition) is 3. The van der Waals surface area contributed by atoms with Crippen LogP contribution >= 0.6 is 11.6 Å². The van der Waals surface area contributed by atoms with E-state index in [0.717, 1.165) is 12.1 Å². The Morgan fingerprint density at radius 1 is 1.32 bits per heavy atom. The van der Waals surface area contributed by atoms with E-state index in [1.165, 1.54) is 23.3 Å². The molecule has 4 nitrogen and oxygen atoms in total. The molecule has 0 spiro atoms. The summed E-state index contributed by atoms with van der Waals surface area (Å²) in [6, 6.07) is 4.32. The van der Waals surface area contributed by atoms with Crippen LogP contribution in [-0.4, -0.2) is 28.6 Å². The Morgan fingerprint density at radius 2 is 2.09 bits per heavy atom. The Balaban J connectivity index is 1.94. The minimum absolute atomic E-state index is 0.0459. The van der Waals surface area contributed by atoms with Gasteiger partial charge >= 0.3 is 0 Å². The number of hydrogen-bond donors (Lipinski definition) is 1. The first-order valence-electron chi connectivity index (χ1n) is 6.64. The Morgan fingerprint density at radius 3 is 2.73 bits per heavy atom. The fraction of sp³-hybridized carbons (Fsp3) is 0.267. The summed E-state index contributed by atoms with van der Waals surface area (Å²) in [5.41, 5.74) is 0.590. The molecule has 0 saturated carbocycles. The second-order valence-electron chi connectivity index (χ2n) is 5.14. The van der Waals surface area contributed by atoms with E-state index in [0.29, 0.717) is 5.56 Å². The zero-order valence-electron chi connectivity index (χ0n) is 11.3. The van der Waals surface area contributed by atoms with Crippen molar-refractivity contribution in [3.8, 4) is 0 Å². The molecular formula is C15H12ClF2NO3. The van der Waals surface area contributed by atoms with Gasteiger partial charge < -0.3 is 14.4 Å². The van der Waals surface area contributed by atoms with Crippen LogP contribution in [0, 0.1) is 11.6 Å². The molecule has 1 aliphatic rings. The number of halogens is 3. The van der Waals surface area contributed by atoms with Crippen molar-refractivity contribution in [2.45, 2.75) is 18.6 Å². The highest BCUT2D eigenvalue weighted by Crippen LogP contribution is 2.35. The summed E-state index contributed by atoms with van der Waals surface area (Å²) in [6.07, 6.45) is 0.786. The maximum absolute atomic E-state index is 13.4. The van der Waals surface area contributed by atoms with Gasteiger partial charge in [0, 0.05) is 6.54 Å². The summed E-state index contributed by atoms with van der Waals surface area (Å²) >= 11 is 5.80. The predicted molar refractivity (Wildman–Crippen MR) is 74.5 cm³/mol. The molecule has 1 N–H and O–H groups in total. The Hall–Kier alpha value is -1.92. The van der Waals surface area contributed by atoms with Gasteiger partial charge in [-0.3, -0.25) is 4.79 Å². The van der Waals surface area contributed by atoms with Gasteiger partial charge in [0.2, 0.25) is 5.22 Å². The van der Waals surface area contributed by atoms with Gasteiger partial charge in [-0.25, -0.2) is 8.78 Å². The predicted octanol–water partition coefficient (Wildman–Crippen LogP) is 3.16. The molecule has 1 aromatic carbocycles. The van der Waals surface area contributed by atoms with Crippen molar-refractivity contribution in [2.75, 3.05) is 6.54 Å². The molecule has 0 unspecified atom stereocenters. The van der Waals surface area contributed by atoms with Gasteiger partial charge in [-0.1, -0.05) is 6.07 Å². The average molecular weight is 328 g/mol. The van der Waals surface area contributed by atoms with Crippen LogP contribution in [-0.2, 0) is 0 Å². The minimum atomic E-state index is -0.993. The highest BCUT2D eigenvalue weighted by atomic mass is 35.5. The smallest absolute Gasteiger partial charge is 0.259 e. The van der Waals surface area contributed by atoms with Gasteiger partial charge in [0.15, 0.2) is 11.6 Å². The van der Waals surface area contributed by atoms with E-state index in [1.807, 2.05) is 0 Å². The molecule has 1 fully saturated rings. The standard InChI is InChI=1S/C15H12ClF2NO3/c16-14-10(3-4-22-14)15(21)19-7-9(20)6-13(19)8-1-2-11(17)12(18)5-8/h1-5,9,13,20H,6-7H2/t9-,13-/m0/s1. The summed E-state index contributed by atoms with van der Waals surface area (Å²) in [5.74, 6) is -2.38. The third kappa shape index (κ3) is 2.60. The number of amides is 1. The first kappa shape index (κ1) is 15.0. The number of aliphatic hydroxyl groups excluding tert-OH is 1. The molecule has 2 heterocycles. The quantitative estimate of drug-likeness (QED) is 0.922. The topological polar surface area (TPSA) is 53.7 Å². The van der Waals surface area contributed by atoms with Crippen LogP contribution in [0.15, 0.2) is 34.9 Å². The number of likely N-dealkylation sites (tertiary alicyclic amines) is 1. The van der Waals surface area contributed by atoms with Crippen LogP contribution in [0.1, 0.15) is 28.4 Å². The summed E-state index contributed by atoms with van der Waals surface area (Å²) in [6.45, 7) is 0.0873. The summed E-state index contributed by atoms with van der Waals surface area (Å²) in [7, 11) is 0. The number of β-amino-alcohol motifs (C(OH)–C–C–N with tert-alkyl or cyclic N) is 1. The molecule has 7 heteroatoms. The monoisotopic (exact) mass is 327 g/mol. The van der Waals surface area contributed by atoms with Crippen molar-refractivity contribution < 1.29 is 23.1 Å². The third-order valence-corrected chi connectivity index (χ3v) is 4.01. The second kappa shape index (κ2) is 5.70. The van der Waals surface area contributed by atoms with Crippen LogP contribution in [0.3, 0.4) is 0 Å². The molecule has 22 heavy (non-hydrogen) atoms. The number of furan rings is 1. The molecule has 0 radical (unpaired) electrons. The number of aliphatic hydroxyl groups is 1. The average Bonchev–Trinajstić information content (AvgIpc) is 3.07. The van der Waals surface area contributed by atoms with Gasteiger partial charge in [0.05, 0.1) is 24.0 Å². The lowest BCUT2D eigenvalue weighted by Gasteiger charge is -2.24. The normalized spacial score (nSPS) is 21.4. The van der Waals surface area contributed by atoms with E-state index in [4.69, 9.17) is 16.0 Å². The highest BCUT2D eigenvalue weighted by Gasteiger charge is 2.37. The van der Waals surface area contributed by atoms with Crippen LogP contribution < -0.4 is 0 Å². The zero-order chi connectivity index (χ0) is 15.9. The molecule has 1 saturated heterocycles. The highest BCUT2D eigenvalue weighted by molar-refractivity contribution is 6.32. The molecule has 3 rings (SSSR count). The Kier molecular flexibility index (Phi) is 3.88. The number of carbonyl (C=O) groups excluding carboxylic acids is 1. The van der Waals surface area contributed by atoms with Crippen molar-refractivity contribution in [3.05, 3.63) is 58.5 Å². The molecule has 1 amide bonds. The molecule has 1 aromatic heterocycles. The summed E-state index contributed by atoms with van der Waals surface area (Å²) in [5, 5.41) is 9.81. The van der Waals surface area contributed by atoms with Gasteiger partial charge in [-0.2, -0.15) is 0 Å². The van der Waals surface area contributed by atoms with Gasteiger partial charge in [-0.15, -0.1) is 0 Å². The number of carbonyl (C=O) groups is 1. The SMILES string of the molecule is O=C(c1ccoc1Cl)N1C[C@@H](O)C[C@H]1c1ccc(F)c(F)c1. The lowest BCUT2D eigenvalue weighted by Crippen LogP contribution is -2.31. The number of rotatable bonds is 2. The molecule has 1 aliphatic heterocycles. The first-order valence-corrected chi connectivity index (χ1v) is 7.02. The van der Waals surface area contributed by atoms with Crippen molar-refractivity contribution in [1.82, 2.24) is 4.90 Å². The maximum atomic E-state index is 13.4. The van der Waals surface area contributed by atoms with Gasteiger partial charge in [-0.05, 0) is 41.8 Å². The molecule has 0 aliphatic carbocycles. The van der Waals surface area contributed by atoms with Crippen molar-refractivity contribution >= 4 is 17.5 Å². The van der Waals surface area contributed by atoms with Crippen molar-refractivity contribution in [1.29, 1.82) is 0 Å². The van der Waals surface area contributed by atoms with Gasteiger partial charge in [0.1, 0.15) is 0 Å². The lowest BCUT2D eigenvalue weighted by atomic mass is 10.0. The van der Waals surface area contributed by atoms with E-state index >= 15 is 0 Å². The molecular weight excluding hydrogens is 316 g/mol. The van der Waals surface area contributed by atoms with Crippen LogP contribution in [0.5, 0.6) is 0 Å². The minimum Gasteiger partial charge on any atom is -0.452 e. The fourth-order valence-electron chi connectivity index (χ4n) is 2.67. The van der Waals surface area contributed by atoms with Gasteiger partial charge in [0.25, 0.3) is 5.91 Å². The van der Waals surface area contributed by atoms with E-state index in [9.17, 15) is 18.7 Å². The second-order valence-corrected chi connectivity index (χ2v) is 5.49. The molecule has 116 valence electrons. The van der Waals surface area contributed by atoms with Crippen molar-refractivity contribution in [2.24, 2.45) is 0 Å². The fourth-order valence-corrected chi connectivity index (χ4v) is 2.87. The van der Waals surface area contributed by atoms with E-state index < -0.39 is 29.7 Å². The number of nitrogens with zero attached hydrogens (tertiary/aromatic N) is 1. The van der Waals surface area contributed by atoms with E-state index in [1.54, 1.807) is 0 Å². The third-order valence-electron chi connectivity index (χ3n) is 3.72. The lowest BCUT2D eigenvalue weighted by molar-refractivity contribution is 0.0715. The molecule has 2 aromatic rings. The molecule has 0 bridgehead atoms. The van der Waals surface area contributed by atoms with Crippen LogP contribution in [0.4, 0.5) is 8.78 Å². The van der Waals surface area contributed by atoms with Crippen molar-refractivity contribution in [3.63, 3.8) is 0 Å². The van der Waals surface area contributed by atoms with Crippen LogP contribution in [0.25, 0.3) is 0 Å². The molecule has 2 atom stereocenters. The Bertz CT molecular complexity index is 719. The van der Waals surface area contributed by atoms with E-state index in [2.05, 4.69) is 0 Å². The maximum Gasteiger partial charge on any atom is 0.259 e. The van der Waals surface area contributed by atoms with E-state index in [-0.39, 0.29) is 23.7 Å². The number of benzene rings is 1. The van der Waals surface area contributed by atoms with Crippen LogP contribution in [0.2, 0.25) is 5.22 Å². The first-order chi connectivity index (χ1) is 10.5. The summed E-state index contributed by atoms with van der Waals surface area (Å²) < 4.78 is 31.4. The largest absolute Gasteiger partial charge is 0.452 e. The zero-order valence-corrected chi connectivity index (χ0v) is 12.1. The summed E-state index contributed by atoms with van der Waals surface area (Å²) in [4.78, 5) is 13.9. The Labute approximate surface area is 129 Å².